The molecule has 28 heavy (non-hydrogen) atoms. The molecule has 0 saturated carbocycles. The van der Waals surface area contributed by atoms with Gasteiger partial charge in [0.25, 0.3) is 0 Å². The summed E-state index contributed by atoms with van der Waals surface area (Å²) < 4.78 is 28.2. The molecule has 148 valence electrons. The Balaban J connectivity index is 1.45. The van der Waals surface area contributed by atoms with E-state index in [0.717, 1.165) is 38.0 Å². The molecular weight excluding hydrogens is 368 g/mol. The van der Waals surface area contributed by atoms with Crippen molar-refractivity contribution in [3.8, 4) is 0 Å². The Hall–Kier alpha value is -1.95. The lowest BCUT2D eigenvalue weighted by Crippen LogP contribution is -2.36. The maximum absolute atomic E-state index is 13.2. The molecule has 1 fully saturated rings. The van der Waals surface area contributed by atoms with Crippen LogP contribution in [0.1, 0.15) is 35.1 Å². The molecule has 0 amide bonds. The number of rotatable bonds is 4. The van der Waals surface area contributed by atoms with Gasteiger partial charge in [0, 0.05) is 26.2 Å². The molecule has 2 aromatic rings. The molecule has 0 bridgehead atoms. The van der Waals surface area contributed by atoms with Crippen LogP contribution in [0.3, 0.4) is 0 Å². The molecule has 4 nitrogen and oxygen atoms in total. The topological polar surface area (TPSA) is 40.6 Å². The van der Waals surface area contributed by atoms with E-state index in [1.807, 2.05) is 24.3 Å². The largest absolute Gasteiger partial charge is 0.298 e. The molecule has 4 rings (SSSR count). The monoisotopic (exact) mass is 396 g/mol. The van der Waals surface area contributed by atoms with Gasteiger partial charge in [-0.15, -0.1) is 0 Å². The van der Waals surface area contributed by atoms with Gasteiger partial charge < -0.3 is 0 Å². The van der Waals surface area contributed by atoms with Crippen molar-refractivity contribution in [2.75, 3.05) is 26.2 Å². The molecule has 0 aromatic heterocycles. The third kappa shape index (κ3) is 4.22. The van der Waals surface area contributed by atoms with Crippen molar-refractivity contribution < 1.29 is 8.42 Å². The maximum atomic E-state index is 13.2. The number of hydrogen-bond acceptors (Lipinski definition) is 3. The van der Waals surface area contributed by atoms with Crippen LogP contribution >= 0.6 is 0 Å². The van der Waals surface area contributed by atoms with Crippen molar-refractivity contribution in [3.05, 3.63) is 75.7 Å². The van der Waals surface area contributed by atoms with Crippen molar-refractivity contribution in [1.82, 2.24) is 9.21 Å². The summed E-state index contributed by atoms with van der Waals surface area (Å²) >= 11 is 0. The molecule has 1 saturated heterocycles. The van der Waals surface area contributed by atoms with Crippen LogP contribution in [0.4, 0.5) is 0 Å². The van der Waals surface area contributed by atoms with Crippen LogP contribution in [-0.2, 0) is 23.0 Å². The minimum absolute atomic E-state index is 0.563. The van der Waals surface area contributed by atoms with E-state index in [2.05, 4.69) is 42.2 Å². The Labute approximate surface area is 168 Å². The predicted molar refractivity (Wildman–Crippen MR) is 114 cm³/mol. The molecule has 0 radical (unpaired) electrons. The average Bonchev–Trinajstić information content (AvgIpc) is 2.95. The third-order valence-corrected chi connectivity index (χ3v) is 7.79. The van der Waals surface area contributed by atoms with E-state index < -0.39 is 10.0 Å². The highest BCUT2D eigenvalue weighted by atomic mass is 32.2. The summed E-state index contributed by atoms with van der Waals surface area (Å²) in [5.74, 6) is 0. The molecule has 1 aliphatic heterocycles. The lowest BCUT2D eigenvalue weighted by Gasteiger charge is -2.25. The van der Waals surface area contributed by atoms with Gasteiger partial charge in [-0.2, -0.15) is 4.31 Å². The van der Waals surface area contributed by atoms with Crippen molar-refractivity contribution >= 4 is 16.1 Å². The molecule has 0 spiro atoms. The van der Waals surface area contributed by atoms with E-state index in [0.29, 0.717) is 24.4 Å². The Morgan fingerprint density at radius 3 is 2.50 bits per heavy atom. The van der Waals surface area contributed by atoms with Gasteiger partial charge in [-0.1, -0.05) is 54.1 Å². The zero-order valence-electron chi connectivity index (χ0n) is 16.5. The van der Waals surface area contributed by atoms with E-state index in [4.69, 9.17) is 0 Å². The predicted octanol–water partition coefficient (Wildman–Crippen LogP) is 3.82. The number of fused-ring (bicyclic) bond motifs is 1. The molecule has 5 heteroatoms. The quantitative estimate of drug-likeness (QED) is 0.789. The summed E-state index contributed by atoms with van der Waals surface area (Å²) in [6, 6.07) is 16.7. The number of allylic oxidation sites excluding steroid dienone is 1. The Bertz CT molecular complexity index is 964. The highest BCUT2D eigenvalue weighted by Crippen LogP contribution is 2.29. The summed E-state index contributed by atoms with van der Waals surface area (Å²) in [6.45, 7) is 5.85. The lowest BCUT2D eigenvalue weighted by atomic mass is 9.98. The fourth-order valence-corrected chi connectivity index (χ4v) is 5.73. The van der Waals surface area contributed by atoms with Gasteiger partial charge in [-0.05, 0) is 55.5 Å². The second kappa shape index (κ2) is 8.19. The minimum Gasteiger partial charge on any atom is -0.298 e. The van der Waals surface area contributed by atoms with Crippen molar-refractivity contribution in [2.24, 2.45) is 0 Å². The molecule has 0 unspecified atom stereocenters. The lowest BCUT2D eigenvalue weighted by molar-refractivity contribution is 0.279. The highest BCUT2D eigenvalue weighted by molar-refractivity contribution is 7.93. The summed E-state index contributed by atoms with van der Waals surface area (Å²) in [5.41, 5.74) is 4.83. The van der Waals surface area contributed by atoms with Gasteiger partial charge in [0.15, 0.2) is 0 Å². The molecule has 1 heterocycles. The second-order valence-corrected chi connectivity index (χ2v) is 9.82. The first-order valence-corrected chi connectivity index (χ1v) is 11.5. The third-order valence-electron chi connectivity index (χ3n) is 5.76. The number of nitrogens with zero attached hydrogens (tertiary/aromatic N) is 2. The summed E-state index contributed by atoms with van der Waals surface area (Å²) in [6.07, 6.45) is 4.15. The maximum Gasteiger partial charge on any atom is 0.239 e. The molecule has 2 aromatic carbocycles. The van der Waals surface area contributed by atoms with Gasteiger partial charge >= 0.3 is 0 Å². The first-order valence-electron chi connectivity index (χ1n) is 10.1. The van der Waals surface area contributed by atoms with Gasteiger partial charge in [-0.3, -0.25) is 4.90 Å². The molecule has 1 aliphatic carbocycles. The first-order chi connectivity index (χ1) is 13.5. The highest BCUT2D eigenvalue weighted by Gasteiger charge is 2.30. The summed E-state index contributed by atoms with van der Waals surface area (Å²) in [4.78, 5) is 2.93. The van der Waals surface area contributed by atoms with Crippen molar-refractivity contribution in [2.45, 2.75) is 32.7 Å². The zero-order chi connectivity index (χ0) is 19.6. The Kier molecular flexibility index (Phi) is 5.67. The van der Waals surface area contributed by atoms with Gasteiger partial charge in [-0.25, -0.2) is 8.42 Å². The first kappa shape index (κ1) is 19.4. The van der Waals surface area contributed by atoms with Crippen LogP contribution in [0.25, 0.3) is 6.08 Å². The summed E-state index contributed by atoms with van der Waals surface area (Å²) in [5, 5.41) is 0. The summed E-state index contributed by atoms with van der Waals surface area (Å²) in [7, 11) is -3.39. The number of benzene rings is 2. The van der Waals surface area contributed by atoms with E-state index in [-0.39, 0.29) is 0 Å². The smallest absolute Gasteiger partial charge is 0.239 e. The van der Waals surface area contributed by atoms with E-state index in [1.165, 1.54) is 16.7 Å². The van der Waals surface area contributed by atoms with Gasteiger partial charge in [0.1, 0.15) is 0 Å². The Morgan fingerprint density at radius 2 is 1.68 bits per heavy atom. The van der Waals surface area contributed by atoms with E-state index in [1.54, 1.807) is 4.31 Å². The number of aryl methyl sites for hydroxylation is 2. The number of hydrogen-bond donors (Lipinski definition) is 0. The molecule has 0 atom stereocenters. The fourth-order valence-electron chi connectivity index (χ4n) is 4.07. The van der Waals surface area contributed by atoms with Gasteiger partial charge in [0.2, 0.25) is 10.0 Å². The van der Waals surface area contributed by atoms with E-state index in [9.17, 15) is 8.42 Å². The molecule has 0 N–H and O–H groups in total. The van der Waals surface area contributed by atoms with Crippen LogP contribution in [0, 0.1) is 6.92 Å². The Morgan fingerprint density at radius 1 is 0.893 bits per heavy atom. The fraction of sp³-hybridized carbons (Fsp3) is 0.391. The van der Waals surface area contributed by atoms with Crippen LogP contribution in [0.2, 0.25) is 0 Å². The average molecular weight is 397 g/mol. The van der Waals surface area contributed by atoms with Crippen LogP contribution in [0.5, 0.6) is 0 Å². The van der Waals surface area contributed by atoms with Crippen LogP contribution in [-0.4, -0.2) is 43.8 Å². The standard InChI is InChI=1S/C23H28N2O2S/c1-19-7-9-20(10-8-19)18-24-13-4-14-25(16-15-24)28(26,27)23-12-11-21-5-2-3-6-22(21)17-23/h2-3,5-10,17H,4,11-16,18H2,1H3. The van der Waals surface area contributed by atoms with Crippen LogP contribution < -0.4 is 0 Å². The van der Waals surface area contributed by atoms with E-state index >= 15 is 0 Å². The van der Waals surface area contributed by atoms with Crippen LogP contribution in [0.15, 0.2) is 53.4 Å². The number of sulfonamides is 1. The van der Waals surface area contributed by atoms with Crippen molar-refractivity contribution in [1.29, 1.82) is 0 Å². The molecular formula is C23H28N2O2S. The van der Waals surface area contributed by atoms with Gasteiger partial charge in [0.05, 0.1) is 4.91 Å². The van der Waals surface area contributed by atoms with Crippen molar-refractivity contribution in [3.63, 3.8) is 0 Å². The SMILES string of the molecule is Cc1ccc(CN2CCCN(S(=O)(=O)C3=Cc4ccccc4CC3)CC2)cc1. The molecule has 2 aliphatic rings. The second-order valence-electron chi connectivity index (χ2n) is 7.83. The normalized spacial score (nSPS) is 19.0. The minimum atomic E-state index is -3.39. The zero-order valence-corrected chi connectivity index (χ0v) is 17.3.